The van der Waals surface area contributed by atoms with Crippen molar-refractivity contribution in [1.29, 1.82) is 0 Å². The Morgan fingerprint density at radius 1 is 1.00 bits per heavy atom. The van der Waals surface area contributed by atoms with Crippen LogP contribution in [0.3, 0.4) is 0 Å². The molecule has 2 aliphatic heterocycles. The standard InChI is InChI=1S/C21H20N2O4/c1-25-17-16-12-8-4-6-10-14(12)22-18(16)21(27-3)19(24)13-9-5-7-11-15(13)23(21)20(17)26-2/h4-11,17,20,22H,1-3H3/t17-,20-,21-/m0/s1. The van der Waals surface area contributed by atoms with Crippen LogP contribution in [0.4, 0.5) is 5.69 Å². The summed E-state index contributed by atoms with van der Waals surface area (Å²) in [5.74, 6) is -0.106. The fraction of sp³-hybridized carbons (Fsp3) is 0.286. The summed E-state index contributed by atoms with van der Waals surface area (Å²) < 4.78 is 17.7. The Morgan fingerprint density at radius 3 is 2.48 bits per heavy atom. The van der Waals surface area contributed by atoms with E-state index in [-0.39, 0.29) is 11.9 Å². The van der Waals surface area contributed by atoms with Crippen LogP contribution in [0.15, 0.2) is 48.5 Å². The molecule has 27 heavy (non-hydrogen) atoms. The van der Waals surface area contributed by atoms with Crippen LogP contribution >= 0.6 is 0 Å². The van der Waals surface area contributed by atoms with Gasteiger partial charge >= 0.3 is 0 Å². The lowest BCUT2D eigenvalue weighted by atomic mass is 9.89. The molecule has 3 aromatic rings. The number of ketones is 1. The Bertz CT molecular complexity index is 1060. The fourth-order valence-electron chi connectivity index (χ4n) is 4.65. The van der Waals surface area contributed by atoms with E-state index in [0.717, 1.165) is 22.2 Å². The van der Waals surface area contributed by atoms with Crippen molar-refractivity contribution in [2.75, 3.05) is 26.2 Å². The van der Waals surface area contributed by atoms with Gasteiger partial charge in [0, 0.05) is 43.4 Å². The first kappa shape index (κ1) is 16.5. The minimum Gasteiger partial charge on any atom is -0.372 e. The summed E-state index contributed by atoms with van der Waals surface area (Å²) >= 11 is 0. The number of aromatic nitrogens is 1. The number of Topliss-reactive ketones (excluding diaryl/α,β-unsaturated/α-hetero) is 1. The van der Waals surface area contributed by atoms with Crippen molar-refractivity contribution in [3.63, 3.8) is 0 Å². The maximum Gasteiger partial charge on any atom is 0.250 e. The van der Waals surface area contributed by atoms with E-state index >= 15 is 0 Å². The summed E-state index contributed by atoms with van der Waals surface area (Å²) in [6, 6.07) is 15.5. The summed E-state index contributed by atoms with van der Waals surface area (Å²) in [7, 11) is 4.85. The molecule has 5 rings (SSSR count). The number of nitrogens with one attached hydrogen (secondary N) is 1. The molecule has 138 valence electrons. The third-order valence-electron chi connectivity index (χ3n) is 5.73. The first-order chi connectivity index (χ1) is 13.2. The molecule has 0 saturated heterocycles. The number of para-hydroxylation sites is 2. The van der Waals surface area contributed by atoms with Crippen molar-refractivity contribution in [2.45, 2.75) is 18.1 Å². The summed E-state index contributed by atoms with van der Waals surface area (Å²) in [4.78, 5) is 18.9. The number of benzene rings is 2. The third-order valence-corrected chi connectivity index (χ3v) is 5.73. The predicted octanol–water partition coefficient (Wildman–Crippen LogP) is 3.34. The number of hydrogen-bond acceptors (Lipinski definition) is 5. The number of rotatable bonds is 3. The number of aromatic amines is 1. The van der Waals surface area contributed by atoms with E-state index < -0.39 is 12.0 Å². The van der Waals surface area contributed by atoms with Gasteiger partial charge in [0.1, 0.15) is 6.10 Å². The SMILES string of the molecule is CO[C@H]1c2c([nH]c3ccccc23)[C@]2(OC)C(=O)c3ccccc3N2[C@H]1OC. The molecule has 0 spiro atoms. The molecule has 3 atom stereocenters. The Morgan fingerprint density at radius 2 is 1.74 bits per heavy atom. The summed E-state index contributed by atoms with van der Waals surface area (Å²) in [5.41, 5.74) is 2.62. The Labute approximate surface area is 156 Å². The predicted molar refractivity (Wildman–Crippen MR) is 101 cm³/mol. The molecule has 1 aromatic heterocycles. The molecule has 1 N–H and O–H groups in total. The van der Waals surface area contributed by atoms with E-state index in [1.165, 1.54) is 0 Å². The number of anilines is 1. The van der Waals surface area contributed by atoms with Gasteiger partial charge in [-0.15, -0.1) is 0 Å². The van der Waals surface area contributed by atoms with Gasteiger partial charge in [0.15, 0.2) is 6.23 Å². The summed E-state index contributed by atoms with van der Waals surface area (Å²) in [6.07, 6.45) is -0.905. The van der Waals surface area contributed by atoms with Crippen molar-refractivity contribution in [2.24, 2.45) is 0 Å². The van der Waals surface area contributed by atoms with Crippen molar-refractivity contribution >= 4 is 22.4 Å². The number of ether oxygens (including phenoxy) is 3. The molecule has 0 bridgehead atoms. The number of methoxy groups -OCH3 is 3. The highest BCUT2D eigenvalue weighted by Crippen LogP contribution is 2.55. The molecule has 0 saturated carbocycles. The summed E-state index contributed by atoms with van der Waals surface area (Å²) in [6.45, 7) is 0. The molecule has 0 fully saturated rings. The minimum atomic E-state index is -1.31. The van der Waals surface area contributed by atoms with Gasteiger partial charge in [-0.3, -0.25) is 4.79 Å². The van der Waals surface area contributed by atoms with Gasteiger partial charge in [-0.25, -0.2) is 0 Å². The lowest BCUT2D eigenvalue weighted by Gasteiger charge is -2.47. The zero-order valence-corrected chi connectivity index (χ0v) is 15.4. The molecule has 3 heterocycles. The van der Waals surface area contributed by atoms with Gasteiger partial charge in [0.05, 0.1) is 11.4 Å². The first-order valence-electron chi connectivity index (χ1n) is 8.84. The topological polar surface area (TPSA) is 63.8 Å². The number of H-pyrrole nitrogens is 1. The molecule has 6 heteroatoms. The molecule has 2 aromatic carbocycles. The van der Waals surface area contributed by atoms with Gasteiger partial charge in [-0.1, -0.05) is 30.3 Å². The molecule has 0 aliphatic carbocycles. The molecule has 0 unspecified atom stereocenters. The Hall–Kier alpha value is -2.67. The number of carbonyl (C=O) groups is 1. The maximum atomic E-state index is 13.6. The van der Waals surface area contributed by atoms with Crippen LogP contribution in [0.2, 0.25) is 0 Å². The van der Waals surface area contributed by atoms with Gasteiger partial charge in [-0.05, 0) is 18.2 Å². The molecule has 0 radical (unpaired) electrons. The maximum absolute atomic E-state index is 13.6. The van der Waals surface area contributed by atoms with Crippen LogP contribution in [0.25, 0.3) is 10.9 Å². The third kappa shape index (κ3) is 1.82. The zero-order chi connectivity index (χ0) is 18.8. The lowest BCUT2D eigenvalue weighted by molar-refractivity contribution is -0.0973. The van der Waals surface area contributed by atoms with Crippen molar-refractivity contribution < 1.29 is 19.0 Å². The van der Waals surface area contributed by atoms with E-state index in [0.29, 0.717) is 11.3 Å². The highest BCUT2D eigenvalue weighted by atomic mass is 16.6. The second kappa shape index (κ2) is 5.66. The number of carbonyl (C=O) groups excluding carboxylic acids is 1. The number of hydrogen-bond donors (Lipinski definition) is 1. The highest BCUT2D eigenvalue weighted by Gasteiger charge is 2.62. The molecular formula is C21H20N2O4. The van der Waals surface area contributed by atoms with Gasteiger partial charge in [0.2, 0.25) is 11.5 Å². The van der Waals surface area contributed by atoms with E-state index in [9.17, 15) is 4.79 Å². The van der Waals surface area contributed by atoms with E-state index in [1.54, 1.807) is 21.3 Å². The van der Waals surface area contributed by atoms with Crippen LogP contribution in [0.5, 0.6) is 0 Å². The van der Waals surface area contributed by atoms with E-state index in [4.69, 9.17) is 14.2 Å². The molecule has 2 aliphatic rings. The van der Waals surface area contributed by atoms with Crippen LogP contribution in [-0.4, -0.2) is 38.3 Å². The number of nitrogens with zero attached hydrogens (tertiary/aromatic N) is 1. The van der Waals surface area contributed by atoms with E-state index in [2.05, 4.69) is 4.98 Å². The summed E-state index contributed by atoms with van der Waals surface area (Å²) in [5, 5.41) is 1.00. The number of fused-ring (bicyclic) bond motifs is 7. The van der Waals surface area contributed by atoms with Crippen LogP contribution < -0.4 is 4.90 Å². The average molecular weight is 364 g/mol. The van der Waals surface area contributed by atoms with Gasteiger partial charge < -0.3 is 24.1 Å². The smallest absolute Gasteiger partial charge is 0.250 e. The van der Waals surface area contributed by atoms with Gasteiger partial charge in [0.25, 0.3) is 0 Å². The fourth-order valence-corrected chi connectivity index (χ4v) is 4.65. The largest absolute Gasteiger partial charge is 0.372 e. The van der Waals surface area contributed by atoms with Gasteiger partial charge in [-0.2, -0.15) is 0 Å². The normalized spacial score (nSPS) is 26.2. The Kier molecular flexibility index (Phi) is 3.46. The monoisotopic (exact) mass is 364 g/mol. The van der Waals surface area contributed by atoms with Crippen molar-refractivity contribution in [1.82, 2.24) is 4.98 Å². The van der Waals surface area contributed by atoms with Crippen molar-refractivity contribution in [3.8, 4) is 0 Å². The van der Waals surface area contributed by atoms with Crippen molar-refractivity contribution in [3.05, 3.63) is 65.4 Å². The lowest BCUT2D eigenvalue weighted by Crippen LogP contribution is -2.60. The molecule has 0 amide bonds. The zero-order valence-electron chi connectivity index (χ0n) is 15.4. The average Bonchev–Trinajstić information content (AvgIpc) is 3.22. The highest BCUT2D eigenvalue weighted by molar-refractivity contribution is 6.14. The molecule has 6 nitrogen and oxygen atoms in total. The second-order valence-electron chi connectivity index (χ2n) is 6.81. The first-order valence-corrected chi connectivity index (χ1v) is 8.84. The quantitative estimate of drug-likeness (QED) is 0.772. The molecular weight excluding hydrogens is 344 g/mol. The second-order valence-corrected chi connectivity index (χ2v) is 6.81. The minimum absolute atomic E-state index is 0.106. The van der Waals surface area contributed by atoms with E-state index in [1.807, 2.05) is 53.4 Å². The van der Waals surface area contributed by atoms with Crippen LogP contribution in [0.1, 0.15) is 27.7 Å². The van der Waals surface area contributed by atoms with Crippen LogP contribution in [0, 0.1) is 0 Å². The van der Waals surface area contributed by atoms with Crippen LogP contribution in [-0.2, 0) is 19.9 Å². The Balaban J connectivity index is 1.91.